The number of hydrogen-bond donors (Lipinski definition) is 1. The Kier molecular flexibility index (Phi) is 9.43. The molecule has 0 bridgehead atoms. The van der Waals surface area contributed by atoms with Gasteiger partial charge in [0.1, 0.15) is 5.75 Å². The zero-order valence-electron chi connectivity index (χ0n) is 21.5. The summed E-state index contributed by atoms with van der Waals surface area (Å²) in [5.74, 6) is 0.705. The van der Waals surface area contributed by atoms with E-state index in [1.165, 1.54) is 24.8 Å². The second-order valence-corrected chi connectivity index (χ2v) is 10.0. The number of carbonyl (C=O) groups is 1. The van der Waals surface area contributed by atoms with Gasteiger partial charge in [0, 0.05) is 32.2 Å². The number of nitrogens with zero attached hydrogens (tertiary/aromatic N) is 3. The summed E-state index contributed by atoms with van der Waals surface area (Å²) in [5, 5.41) is 3.17. The second kappa shape index (κ2) is 12.9. The zero-order valence-corrected chi connectivity index (χ0v) is 21.5. The molecule has 0 aliphatic carbocycles. The summed E-state index contributed by atoms with van der Waals surface area (Å²) >= 11 is 0. The summed E-state index contributed by atoms with van der Waals surface area (Å²) < 4.78 is 5.50. The van der Waals surface area contributed by atoms with Crippen molar-refractivity contribution >= 4 is 11.7 Å². The fraction of sp³-hybridized carbons (Fsp3) is 0.552. The van der Waals surface area contributed by atoms with Crippen LogP contribution in [-0.4, -0.2) is 79.7 Å². The van der Waals surface area contributed by atoms with E-state index in [2.05, 4.69) is 50.3 Å². The lowest BCUT2D eigenvalue weighted by Crippen LogP contribution is -2.51. The summed E-state index contributed by atoms with van der Waals surface area (Å²) in [6, 6.07) is 16.9. The molecule has 35 heavy (non-hydrogen) atoms. The highest BCUT2D eigenvalue weighted by Gasteiger charge is 2.29. The molecule has 0 aromatic heterocycles. The smallest absolute Gasteiger partial charge is 0.322 e. The SMILES string of the molecule is COc1ccc(C)cc1NC(=O)N(CCN1CCCC1)C1CCN(CCCc2ccccc2)CC1. The number of methoxy groups -OCH3 is 1. The standard InChI is InChI=1S/C29H42N4O2/c1-24-12-13-28(35-2)27(23-24)30-29(34)33(22-21-31-16-6-7-17-31)26-14-19-32(20-15-26)18-8-11-25-9-4-3-5-10-25/h3-5,9-10,12-13,23,26H,6-8,11,14-22H2,1-2H3,(H,30,34). The van der Waals surface area contributed by atoms with Crippen LogP contribution in [0.15, 0.2) is 48.5 Å². The molecule has 2 aliphatic heterocycles. The number of nitrogens with one attached hydrogen (secondary N) is 1. The van der Waals surface area contributed by atoms with Gasteiger partial charge in [-0.2, -0.15) is 0 Å². The van der Waals surface area contributed by atoms with Crippen molar-refractivity contribution in [1.29, 1.82) is 0 Å². The summed E-state index contributed by atoms with van der Waals surface area (Å²) in [4.78, 5) is 20.7. The van der Waals surface area contributed by atoms with E-state index in [0.717, 1.165) is 76.3 Å². The monoisotopic (exact) mass is 478 g/mol. The van der Waals surface area contributed by atoms with Gasteiger partial charge in [-0.05, 0) is 88.3 Å². The van der Waals surface area contributed by atoms with Crippen LogP contribution in [0.2, 0.25) is 0 Å². The van der Waals surface area contributed by atoms with Gasteiger partial charge >= 0.3 is 6.03 Å². The largest absolute Gasteiger partial charge is 0.495 e. The molecular formula is C29H42N4O2. The first kappa shape index (κ1) is 25.5. The van der Waals surface area contributed by atoms with Crippen molar-refractivity contribution in [1.82, 2.24) is 14.7 Å². The summed E-state index contributed by atoms with van der Waals surface area (Å²) in [6.45, 7) is 9.31. The highest BCUT2D eigenvalue weighted by molar-refractivity contribution is 5.91. The van der Waals surface area contributed by atoms with Crippen molar-refractivity contribution in [2.45, 2.75) is 51.5 Å². The number of anilines is 1. The molecule has 2 fully saturated rings. The molecule has 1 N–H and O–H groups in total. The number of amides is 2. The first-order valence-electron chi connectivity index (χ1n) is 13.3. The number of hydrogen-bond acceptors (Lipinski definition) is 4. The van der Waals surface area contributed by atoms with Gasteiger partial charge in [-0.1, -0.05) is 36.4 Å². The topological polar surface area (TPSA) is 48.1 Å². The van der Waals surface area contributed by atoms with Gasteiger partial charge < -0.3 is 24.8 Å². The third kappa shape index (κ3) is 7.45. The highest BCUT2D eigenvalue weighted by Crippen LogP contribution is 2.27. The van der Waals surface area contributed by atoms with E-state index in [1.807, 2.05) is 25.1 Å². The number of rotatable bonds is 10. The van der Waals surface area contributed by atoms with Gasteiger partial charge in [0.05, 0.1) is 12.8 Å². The third-order valence-corrected chi connectivity index (χ3v) is 7.49. The predicted molar refractivity (Wildman–Crippen MR) is 143 cm³/mol. The molecule has 2 heterocycles. The van der Waals surface area contributed by atoms with Gasteiger partial charge in [-0.15, -0.1) is 0 Å². The lowest BCUT2D eigenvalue weighted by atomic mass is 10.0. The van der Waals surface area contributed by atoms with E-state index in [4.69, 9.17) is 4.74 Å². The van der Waals surface area contributed by atoms with Gasteiger partial charge in [-0.3, -0.25) is 0 Å². The minimum atomic E-state index is -0.00405. The number of piperidine rings is 1. The van der Waals surface area contributed by atoms with Crippen LogP contribution in [0, 0.1) is 6.92 Å². The average Bonchev–Trinajstić information content (AvgIpc) is 3.40. The van der Waals surface area contributed by atoms with E-state index < -0.39 is 0 Å². The fourth-order valence-corrected chi connectivity index (χ4v) is 5.42. The molecule has 2 aromatic rings. The Labute approximate surface area is 211 Å². The van der Waals surface area contributed by atoms with Gasteiger partial charge in [0.2, 0.25) is 0 Å². The molecule has 2 saturated heterocycles. The average molecular weight is 479 g/mol. The minimum absolute atomic E-state index is 0.00405. The van der Waals surface area contributed by atoms with Crippen molar-refractivity contribution in [2.24, 2.45) is 0 Å². The van der Waals surface area contributed by atoms with E-state index in [-0.39, 0.29) is 12.1 Å². The molecule has 0 saturated carbocycles. The van der Waals surface area contributed by atoms with Crippen molar-refractivity contribution in [3.05, 3.63) is 59.7 Å². The molecule has 2 amide bonds. The van der Waals surface area contributed by atoms with Gasteiger partial charge in [0.25, 0.3) is 0 Å². The van der Waals surface area contributed by atoms with Crippen LogP contribution in [0.5, 0.6) is 5.75 Å². The molecule has 4 rings (SSSR count). The minimum Gasteiger partial charge on any atom is -0.495 e. The number of urea groups is 1. The first-order valence-corrected chi connectivity index (χ1v) is 13.3. The zero-order chi connectivity index (χ0) is 24.5. The van der Waals surface area contributed by atoms with Crippen LogP contribution in [0.1, 0.15) is 43.2 Å². The molecule has 0 radical (unpaired) electrons. The number of ether oxygens (including phenoxy) is 1. The Morgan fingerprint density at radius 2 is 1.71 bits per heavy atom. The van der Waals surface area contributed by atoms with E-state index in [0.29, 0.717) is 5.75 Å². The van der Waals surface area contributed by atoms with Crippen LogP contribution in [0.4, 0.5) is 10.5 Å². The van der Waals surface area contributed by atoms with Crippen molar-refractivity contribution in [2.75, 3.05) is 58.2 Å². The van der Waals surface area contributed by atoms with Crippen LogP contribution in [0.25, 0.3) is 0 Å². The number of aryl methyl sites for hydroxylation is 2. The maximum atomic E-state index is 13.5. The van der Waals surface area contributed by atoms with E-state index in [1.54, 1.807) is 7.11 Å². The normalized spacial score (nSPS) is 17.4. The Hall–Kier alpha value is -2.57. The summed E-state index contributed by atoms with van der Waals surface area (Å²) in [7, 11) is 1.65. The van der Waals surface area contributed by atoms with Crippen LogP contribution in [-0.2, 0) is 6.42 Å². The summed E-state index contributed by atoms with van der Waals surface area (Å²) in [5.41, 5.74) is 3.27. The second-order valence-electron chi connectivity index (χ2n) is 10.0. The maximum Gasteiger partial charge on any atom is 0.322 e. The highest BCUT2D eigenvalue weighted by atomic mass is 16.5. The molecule has 6 nitrogen and oxygen atoms in total. The molecule has 2 aromatic carbocycles. The third-order valence-electron chi connectivity index (χ3n) is 7.49. The molecule has 190 valence electrons. The molecule has 0 spiro atoms. The lowest BCUT2D eigenvalue weighted by Gasteiger charge is -2.39. The van der Waals surface area contributed by atoms with Crippen molar-refractivity contribution in [3.63, 3.8) is 0 Å². The molecule has 0 atom stereocenters. The maximum absolute atomic E-state index is 13.5. The van der Waals surface area contributed by atoms with Crippen LogP contribution >= 0.6 is 0 Å². The quantitative estimate of drug-likeness (QED) is 0.520. The van der Waals surface area contributed by atoms with Crippen LogP contribution < -0.4 is 10.1 Å². The lowest BCUT2D eigenvalue weighted by molar-refractivity contribution is 0.119. The molecule has 0 unspecified atom stereocenters. The molecule has 6 heteroatoms. The fourth-order valence-electron chi connectivity index (χ4n) is 5.42. The first-order chi connectivity index (χ1) is 17.1. The van der Waals surface area contributed by atoms with Crippen LogP contribution in [0.3, 0.4) is 0 Å². The van der Waals surface area contributed by atoms with Gasteiger partial charge in [-0.25, -0.2) is 4.79 Å². The Morgan fingerprint density at radius 3 is 2.43 bits per heavy atom. The van der Waals surface area contributed by atoms with E-state index >= 15 is 0 Å². The molecule has 2 aliphatic rings. The van der Waals surface area contributed by atoms with E-state index in [9.17, 15) is 4.79 Å². The molecular weight excluding hydrogens is 436 g/mol. The van der Waals surface area contributed by atoms with Gasteiger partial charge in [0.15, 0.2) is 0 Å². The number of benzene rings is 2. The number of carbonyl (C=O) groups excluding carboxylic acids is 1. The number of likely N-dealkylation sites (tertiary alicyclic amines) is 2. The Bertz CT molecular complexity index is 922. The predicted octanol–water partition coefficient (Wildman–Crippen LogP) is 5.03. The van der Waals surface area contributed by atoms with Crippen molar-refractivity contribution in [3.8, 4) is 5.75 Å². The Balaban J connectivity index is 1.33. The Morgan fingerprint density at radius 1 is 1.00 bits per heavy atom. The summed E-state index contributed by atoms with van der Waals surface area (Å²) in [6.07, 6.45) is 6.92. The van der Waals surface area contributed by atoms with Crippen molar-refractivity contribution < 1.29 is 9.53 Å².